The zero-order valence-corrected chi connectivity index (χ0v) is 16.4. The van der Waals surface area contributed by atoms with Crippen LogP contribution in [0.3, 0.4) is 0 Å². The van der Waals surface area contributed by atoms with Crippen LogP contribution in [0, 0.1) is 10.1 Å². The van der Waals surface area contributed by atoms with Crippen molar-refractivity contribution in [3.05, 3.63) is 69.6 Å². The van der Waals surface area contributed by atoms with Gasteiger partial charge in [0.25, 0.3) is 11.6 Å². The van der Waals surface area contributed by atoms with Crippen LogP contribution in [-0.4, -0.2) is 47.9 Å². The molecule has 8 heteroatoms. The highest BCUT2D eigenvalue weighted by Gasteiger charge is 2.21. The molecule has 3 aromatic rings. The molecule has 1 heterocycles. The van der Waals surface area contributed by atoms with E-state index in [1.54, 1.807) is 12.1 Å². The average Bonchev–Trinajstić information content (AvgIpc) is 3.14. The summed E-state index contributed by atoms with van der Waals surface area (Å²) in [5.74, 6) is -0.233. The normalized spacial score (nSPS) is 10.8. The van der Waals surface area contributed by atoms with E-state index in [4.69, 9.17) is 0 Å². The number of aromatic nitrogens is 1. The summed E-state index contributed by atoms with van der Waals surface area (Å²) in [6, 6.07) is 15.8. The first kappa shape index (κ1) is 19.7. The van der Waals surface area contributed by atoms with Crippen molar-refractivity contribution in [2.45, 2.75) is 0 Å². The van der Waals surface area contributed by atoms with Crippen molar-refractivity contribution in [3.63, 3.8) is 0 Å². The molecule has 0 aliphatic heterocycles. The molecule has 0 saturated heterocycles. The molecule has 0 aliphatic rings. The number of likely N-dealkylation sites (N-methyl/N-ethyl adjacent to an activating group) is 1. The molecule has 1 N–H and O–H groups in total. The monoisotopic (exact) mass is 396 g/mol. The Bertz CT molecular complexity index is 986. The molecule has 1 aromatic heterocycles. The van der Waals surface area contributed by atoms with Crippen LogP contribution in [0.2, 0.25) is 0 Å². The molecule has 0 unspecified atom stereocenters. The summed E-state index contributed by atoms with van der Waals surface area (Å²) in [5.41, 5.74) is 1.86. The lowest BCUT2D eigenvalue weighted by Crippen LogP contribution is -2.31. The third kappa shape index (κ3) is 4.59. The van der Waals surface area contributed by atoms with Gasteiger partial charge in [-0.25, -0.2) is 4.98 Å². The lowest BCUT2D eigenvalue weighted by Gasteiger charge is -2.10. The Hall–Kier alpha value is -3.10. The number of non-ortho nitro benzene ring substituents is 1. The molecule has 0 radical (unpaired) electrons. The number of hydrogen-bond acceptors (Lipinski definition) is 6. The van der Waals surface area contributed by atoms with Crippen LogP contribution in [0.5, 0.6) is 0 Å². The van der Waals surface area contributed by atoms with Crippen molar-refractivity contribution in [2.75, 3.05) is 27.2 Å². The first-order valence-corrected chi connectivity index (χ1v) is 9.51. The Labute approximate surface area is 166 Å². The van der Waals surface area contributed by atoms with Crippen molar-refractivity contribution in [1.29, 1.82) is 0 Å². The molecule has 1 amide bonds. The second-order valence-corrected chi connectivity index (χ2v) is 7.43. The van der Waals surface area contributed by atoms with Gasteiger partial charge >= 0.3 is 0 Å². The van der Waals surface area contributed by atoms with Gasteiger partial charge in [-0.15, -0.1) is 11.3 Å². The van der Waals surface area contributed by atoms with Crippen molar-refractivity contribution in [1.82, 2.24) is 15.2 Å². The molecule has 0 aliphatic carbocycles. The summed E-state index contributed by atoms with van der Waals surface area (Å²) in [7, 11) is 3.86. The summed E-state index contributed by atoms with van der Waals surface area (Å²) in [6.07, 6.45) is 0. The van der Waals surface area contributed by atoms with Crippen LogP contribution in [-0.2, 0) is 0 Å². The summed E-state index contributed by atoms with van der Waals surface area (Å²) in [5, 5.41) is 14.7. The predicted molar refractivity (Wildman–Crippen MR) is 111 cm³/mol. The largest absolute Gasteiger partial charge is 0.350 e. The Morgan fingerprint density at radius 1 is 1.14 bits per heavy atom. The third-order valence-electron chi connectivity index (χ3n) is 4.03. The first-order valence-electron chi connectivity index (χ1n) is 8.69. The maximum atomic E-state index is 12.8. The van der Waals surface area contributed by atoms with Crippen LogP contribution in [0.4, 0.5) is 5.69 Å². The lowest BCUT2D eigenvalue weighted by molar-refractivity contribution is -0.384. The number of rotatable bonds is 7. The minimum absolute atomic E-state index is 0.0364. The zero-order chi connectivity index (χ0) is 20.1. The molecule has 0 fully saturated rings. The summed E-state index contributed by atoms with van der Waals surface area (Å²) in [6.45, 7) is 1.21. The number of hydrogen-bond donors (Lipinski definition) is 1. The number of nitrogens with zero attached hydrogens (tertiary/aromatic N) is 3. The van der Waals surface area contributed by atoms with Crippen LogP contribution >= 0.6 is 11.3 Å². The van der Waals surface area contributed by atoms with Crippen LogP contribution in [0.15, 0.2) is 54.6 Å². The molecule has 0 saturated carbocycles. The first-order chi connectivity index (χ1) is 13.5. The average molecular weight is 396 g/mol. The SMILES string of the molecule is CN(C)CCNC(=O)c1sc(-c2ccccc2)nc1-c1cccc([N+](=O)[O-])c1. The van der Waals surface area contributed by atoms with E-state index >= 15 is 0 Å². The topological polar surface area (TPSA) is 88.4 Å². The minimum atomic E-state index is -0.454. The van der Waals surface area contributed by atoms with Crippen LogP contribution < -0.4 is 5.32 Å². The van der Waals surface area contributed by atoms with Crippen LogP contribution in [0.25, 0.3) is 21.8 Å². The standard InChI is InChI=1S/C20H20N4O3S/c1-23(2)12-11-21-19(25)18-17(15-9-6-10-16(13-15)24(26)27)22-20(28-18)14-7-4-3-5-8-14/h3-10,13H,11-12H2,1-2H3,(H,21,25). The van der Waals surface area contributed by atoms with E-state index in [0.717, 1.165) is 5.56 Å². The number of nitro benzene ring substituents is 1. The van der Waals surface area contributed by atoms with Gasteiger partial charge in [0.05, 0.1) is 10.6 Å². The van der Waals surface area contributed by atoms with Crippen LogP contribution in [0.1, 0.15) is 9.67 Å². The molecule has 0 spiro atoms. The highest BCUT2D eigenvalue weighted by molar-refractivity contribution is 7.17. The number of carbonyl (C=O) groups excluding carboxylic acids is 1. The van der Waals surface area contributed by atoms with E-state index in [0.29, 0.717) is 34.2 Å². The van der Waals surface area contributed by atoms with Gasteiger partial charge in [-0.1, -0.05) is 42.5 Å². The summed E-state index contributed by atoms with van der Waals surface area (Å²) >= 11 is 1.28. The van der Waals surface area contributed by atoms with Gasteiger partial charge in [-0.3, -0.25) is 14.9 Å². The predicted octanol–water partition coefficient (Wildman–Crippen LogP) is 3.68. The molecule has 144 valence electrons. The van der Waals surface area contributed by atoms with E-state index in [1.165, 1.54) is 23.5 Å². The van der Waals surface area contributed by atoms with E-state index in [-0.39, 0.29) is 11.6 Å². The number of nitro groups is 1. The molecule has 7 nitrogen and oxygen atoms in total. The number of amides is 1. The Morgan fingerprint density at radius 3 is 2.54 bits per heavy atom. The lowest BCUT2D eigenvalue weighted by atomic mass is 10.1. The Balaban J connectivity index is 2.01. The van der Waals surface area contributed by atoms with E-state index in [2.05, 4.69) is 10.3 Å². The smallest absolute Gasteiger partial charge is 0.270 e. The maximum absolute atomic E-state index is 12.8. The third-order valence-corrected chi connectivity index (χ3v) is 5.13. The molecule has 2 aromatic carbocycles. The number of thiazole rings is 1. The molecule has 0 atom stereocenters. The Kier molecular flexibility index (Phi) is 6.13. The van der Waals surface area contributed by atoms with E-state index in [1.807, 2.05) is 49.3 Å². The summed E-state index contributed by atoms with van der Waals surface area (Å²) < 4.78 is 0. The minimum Gasteiger partial charge on any atom is -0.350 e. The zero-order valence-electron chi connectivity index (χ0n) is 15.6. The van der Waals surface area contributed by atoms with Crippen molar-refractivity contribution in [3.8, 4) is 21.8 Å². The second-order valence-electron chi connectivity index (χ2n) is 6.43. The molecular weight excluding hydrogens is 376 g/mol. The van der Waals surface area contributed by atoms with Crippen molar-refractivity contribution < 1.29 is 9.72 Å². The van der Waals surface area contributed by atoms with E-state index in [9.17, 15) is 14.9 Å². The van der Waals surface area contributed by atoms with E-state index < -0.39 is 4.92 Å². The quantitative estimate of drug-likeness (QED) is 0.486. The fraction of sp³-hybridized carbons (Fsp3) is 0.200. The number of benzene rings is 2. The maximum Gasteiger partial charge on any atom is 0.270 e. The Morgan fingerprint density at radius 2 is 1.86 bits per heavy atom. The molecular formula is C20H20N4O3S. The van der Waals surface area contributed by atoms with Crippen molar-refractivity contribution >= 4 is 22.9 Å². The van der Waals surface area contributed by atoms with Gasteiger partial charge in [0.1, 0.15) is 9.88 Å². The summed E-state index contributed by atoms with van der Waals surface area (Å²) in [4.78, 5) is 30.5. The van der Waals surface area contributed by atoms with Gasteiger partial charge in [-0.05, 0) is 14.1 Å². The van der Waals surface area contributed by atoms with Gasteiger partial charge in [0.15, 0.2) is 0 Å². The van der Waals surface area contributed by atoms with Gasteiger partial charge < -0.3 is 10.2 Å². The fourth-order valence-corrected chi connectivity index (χ4v) is 3.62. The van der Waals surface area contributed by atoms with Gasteiger partial charge in [0, 0.05) is 36.3 Å². The second kappa shape index (κ2) is 8.73. The molecule has 0 bridgehead atoms. The molecule has 28 heavy (non-hydrogen) atoms. The van der Waals surface area contributed by atoms with Gasteiger partial charge in [0.2, 0.25) is 0 Å². The van der Waals surface area contributed by atoms with Crippen molar-refractivity contribution in [2.24, 2.45) is 0 Å². The van der Waals surface area contributed by atoms with Gasteiger partial charge in [-0.2, -0.15) is 0 Å². The number of nitrogens with one attached hydrogen (secondary N) is 1. The highest BCUT2D eigenvalue weighted by Crippen LogP contribution is 2.35. The fourth-order valence-electron chi connectivity index (χ4n) is 2.61. The number of carbonyl (C=O) groups is 1. The molecule has 3 rings (SSSR count). The highest BCUT2D eigenvalue weighted by atomic mass is 32.1.